The van der Waals surface area contributed by atoms with E-state index in [4.69, 9.17) is 23.2 Å². The summed E-state index contributed by atoms with van der Waals surface area (Å²) >= 11 is 13.7. The fourth-order valence-corrected chi connectivity index (χ4v) is 4.12. The molecule has 0 radical (unpaired) electrons. The van der Waals surface area contributed by atoms with E-state index in [-0.39, 0.29) is 11.8 Å². The molecule has 2 atom stereocenters. The van der Waals surface area contributed by atoms with Gasteiger partial charge >= 0.3 is 0 Å². The van der Waals surface area contributed by atoms with Gasteiger partial charge in [0.1, 0.15) is 5.50 Å². The summed E-state index contributed by atoms with van der Waals surface area (Å²) in [5.41, 5.74) is 3.52. The molecule has 0 saturated heterocycles. The van der Waals surface area contributed by atoms with Crippen LogP contribution < -0.4 is 5.32 Å². The summed E-state index contributed by atoms with van der Waals surface area (Å²) < 4.78 is 0. The summed E-state index contributed by atoms with van der Waals surface area (Å²) in [7, 11) is 0. The number of carbonyl (C=O) groups is 1. The number of halogens is 2. The summed E-state index contributed by atoms with van der Waals surface area (Å²) in [6.45, 7) is 0. The molecule has 1 aliphatic carbocycles. The van der Waals surface area contributed by atoms with Crippen LogP contribution in [0.1, 0.15) is 34.9 Å². The van der Waals surface area contributed by atoms with E-state index in [0.29, 0.717) is 11.4 Å². The van der Waals surface area contributed by atoms with Crippen LogP contribution in [-0.4, -0.2) is 16.4 Å². The summed E-state index contributed by atoms with van der Waals surface area (Å²) in [4.78, 5) is 17.9. The third-order valence-electron chi connectivity index (χ3n) is 3.84. The molecule has 1 amide bonds. The smallest absolute Gasteiger partial charge is 0.229 e. The zero-order valence-electron chi connectivity index (χ0n) is 11.9. The minimum atomic E-state index is -0.424. The van der Waals surface area contributed by atoms with Crippen molar-refractivity contribution in [1.82, 2.24) is 10.3 Å². The molecule has 116 valence electrons. The van der Waals surface area contributed by atoms with Crippen LogP contribution in [0.3, 0.4) is 0 Å². The number of nitrogens with one attached hydrogen (secondary N) is 1. The van der Waals surface area contributed by atoms with Crippen LogP contribution in [0.25, 0.3) is 0 Å². The van der Waals surface area contributed by atoms with Crippen LogP contribution in [-0.2, 0) is 17.6 Å². The van der Waals surface area contributed by atoms with Gasteiger partial charge in [0.2, 0.25) is 5.91 Å². The number of aromatic nitrogens is 1. The van der Waals surface area contributed by atoms with Crippen molar-refractivity contribution in [3.8, 4) is 0 Å². The Kier molecular flexibility index (Phi) is 5.01. The second-order valence-corrected chi connectivity index (χ2v) is 7.26. The lowest BCUT2D eigenvalue weighted by atomic mass is 9.91. The van der Waals surface area contributed by atoms with Crippen molar-refractivity contribution >= 4 is 40.4 Å². The van der Waals surface area contributed by atoms with E-state index in [2.05, 4.69) is 10.3 Å². The van der Waals surface area contributed by atoms with Gasteiger partial charge in [-0.15, -0.1) is 11.3 Å². The molecule has 0 fully saturated rings. The third kappa shape index (κ3) is 3.62. The standard InChI is InChI=1S/C16H16Cl2N2OS/c17-11-6-4-10(5-7-11)8-14(18)20-16(21)12-2-1-3-13-15(12)22-9-19-13/h4-7,9,12,14H,1-3,8H2,(H,20,21). The van der Waals surface area contributed by atoms with Crippen LogP contribution >= 0.6 is 34.5 Å². The fraction of sp³-hybridized carbons (Fsp3) is 0.375. The maximum absolute atomic E-state index is 12.5. The molecular formula is C16H16Cl2N2OS. The fourth-order valence-electron chi connectivity index (χ4n) is 2.74. The predicted molar refractivity (Wildman–Crippen MR) is 90.7 cm³/mol. The maximum Gasteiger partial charge on any atom is 0.229 e. The molecule has 3 rings (SSSR count). The Morgan fingerprint density at radius 1 is 1.41 bits per heavy atom. The van der Waals surface area contributed by atoms with Crippen molar-refractivity contribution in [1.29, 1.82) is 0 Å². The van der Waals surface area contributed by atoms with Crippen molar-refractivity contribution in [2.24, 2.45) is 0 Å². The van der Waals surface area contributed by atoms with Crippen molar-refractivity contribution in [3.63, 3.8) is 0 Å². The van der Waals surface area contributed by atoms with Crippen molar-refractivity contribution < 1.29 is 4.79 Å². The topological polar surface area (TPSA) is 42.0 Å². The van der Waals surface area contributed by atoms with Crippen molar-refractivity contribution in [2.45, 2.75) is 37.1 Å². The van der Waals surface area contributed by atoms with E-state index in [1.165, 1.54) is 0 Å². The molecule has 2 unspecified atom stereocenters. The number of amides is 1. The first-order valence-electron chi connectivity index (χ1n) is 7.24. The molecule has 2 aromatic rings. The molecule has 1 aromatic heterocycles. The second-order valence-electron chi connectivity index (χ2n) is 5.41. The van der Waals surface area contributed by atoms with Gasteiger partial charge in [-0.25, -0.2) is 4.98 Å². The zero-order valence-corrected chi connectivity index (χ0v) is 14.2. The number of hydrogen-bond donors (Lipinski definition) is 1. The van der Waals surface area contributed by atoms with Gasteiger partial charge in [0.25, 0.3) is 0 Å². The second kappa shape index (κ2) is 6.99. The van der Waals surface area contributed by atoms with E-state index in [1.54, 1.807) is 11.3 Å². The summed E-state index contributed by atoms with van der Waals surface area (Å²) in [5, 5.41) is 3.61. The average Bonchev–Trinajstić information content (AvgIpc) is 2.97. The highest BCUT2D eigenvalue weighted by Gasteiger charge is 2.29. The molecule has 0 saturated carbocycles. The first kappa shape index (κ1) is 15.8. The van der Waals surface area contributed by atoms with Crippen LogP contribution in [0.5, 0.6) is 0 Å². The highest BCUT2D eigenvalue weighted by atomic mass is 35.5. The van der Waals surface area contributed by atoms with Crippen molar-refractivity contribution in [2.75, 3.05) is 0 Å². The van der Waals surface area contributed by atoms with E-state index in [1.807, 2.05) is 29.8 Å². The number of benzene rings is 1. The Labute approximate surface area is 143 Å². The number of rotatable bonds is 4. The quantitative estimate of drug-likeness (QED) is 0.662. The minimum Gasteiger partial charge on any atom is -0.339 e. The van der Waals surface area contributed by atoms with Gasteiger partial charge in [-0.05, 0) is 37.0 Å². The summed E-state index contributed by atoms with van der Waals surface area (Å²) in [5.74, 6) is -0.109. The molecule has 6 heteroatoms. The Bertz CT molecular complexity index is 656. The molecule has 3 nitrogen and oxygen atoms in total. The highest BCUT2D eigenvalue weighted by Crippen LogP contribution is 2.34. The largest absolute Gasteiger partial charge is 0.339 e. The van der Waals surface area contributed by atoms with Crippen LogP contribution in [0.4, 0.5) is 0 Å². The Morgan fingerprint density at radius 3 is 2.95 bits per heavy atom. The Balaban J connectivity index is 1.61. The number of nitrogens with zero attached hydrogens (tertiary/aromatic N) is 1. The Morgan fingerprint density at radius 2 is 2.18 bits per heavy atom. The number of hydrogen-bond acceptors (Lipinski definition) is 3. The lowest BCUT2D eigenvalue weighted by Crippen LogP contribution is -2.37. The summed E-state index contributed by atoms with van der Waals surface area (Å²) in [6, 6.07) is 7.50. The number of fused-ring (bicyclic) bond motifs is 1. The normalized spacial score (nSPS) is 18.5. The molecule has 22 heavy (non-hydrogen) atoms. The lowest BCUT2D eigenvalue weighted by Gasteiger charge is -2.22. The van der Waals surface area contributed by atoms with Crippen LogP contribution in [0, 0.1) is 0 Å². The first-order chi connectivity index (χ1) is 10.6. The maximum atomic E-state index is 12.5. The number of alkyl halides is 1. The monoisotopic (exact) mass is 354 g/mol. The molecule has 1 N–H and O–H groups in total. The van der Waals surface area contributed by atoms with E-state index >= 15 is 0 Å². The molecule has 0 bridgehead atoms. The first-order valence-corrected chi connectivity index (χ1v) is 8.94. The highest BCUT2D eigenvalue weighted by molar-refractivity contribution is 7.10. The van der Waals surface area contributed by atoms with Gasteiger partial charge in [-0.2, -0.15) is 0 Å². The lowest BCUT2D eigenvalue weighted by molar-refractivity contribution is -0.123. The van der Waals surface area contributed by atoms with Crippen LogP contribution in [0.15, 0.2) is 29.8 Å². The zero-order chi connectivity index (χ0) is 15.5. The van der Waals surface area contributed by atoms with E-state index < -0.39 is 5.50 Å². The van der Waals surface area contributed by atoms with Crippen molar-refractivity contribution in [3.05, 3.63) is 50.9 Å². The molecule has 0 spiro atoms. The summed E-state index contributed by atoms with van der Waals surface area (Å²) in [6.07, 6.45) is 3.41. The van der Waals surface area contributed by atoms with Gasteiger partial charge in [0.15, 0.2) is 0 Å². The average molecular weight is 355 g/mol. The van der Waals surface area contributed by atoms with E-state index in [9.17, 15) is 4.79 Å². The third-order valence-corrected chi connectivity index (χ3v) is 5.34. The minimum absolute atomic E-state index is 0.000775. The van der Waals surface area contributed by atoms with Gasteiger partial charge in [0.05, 0.1) is 17.1 Å². The SMILES string of the molecule is O=C(NC(Cl)Cc1ccc(Cl)cc1)C1CCCc2ncsc21. The molecule has 1 heterocycles. The van der Waals surface area contributed by atoms with Gasteiger partial charge in [-0.1, -0.05) is 35.3 Å². The molecule has 1 aliphatic rings. The van der Waals surface area contributed by atoms with Gasteiger partial charge in [0, 0.05) is 16.3 Å². The molecule has 1 aromatic carbocycles. The number of aryl methyl sites for hydroxylation is 1. The van der Waals surface area contributed by atoms with E-state index in [0.717, 1.165) is 35.4 Å². The molecular weight excluding hydrogens is 339 g/mol. The van der Waals surface area contributed by atoms with Crippen LogP contribution in [0.2, 0.25) is 5.02 Å². The molecule has 0 aliphatic heterocycles. The Hall–Kier alpha value is -1.10. The predicted octanol–water partition coefficient (Wildman–Crippen LogP) is 4.14. The number of carbonyl (C=O) groups excluding carboxylic acids is 1. The number of thiazole rings is 1. The van der Waals surface area contributed by atoms with Gasteiger partial charge < -0.3 is 5.32 Å². The van der Waals surface area contributed by atoms with Gasteiger partial charge in [-0.3, -0.25) is 4.79 Å².